The minimum absolute atomic E-state index is 0.494. The molecule has 25 heavy (non-hydrogen) atoms. The molecule has 0 aliphatic carbocycles. The van der Waals surface area contributed by atoms with Crippen molar-refractivity contribution < 1.29 is 0 Å². The van der Waals surface area contributed by atoms with Crippen LogP contribution in [0.3, 0.4) is 0 Å². The summed E-state index contributed by atoms with van der Waals surface area (Å²) in [5, 5.41) is 4.56. The Hall–Kier alpha value is -2.21. The molecule has 0 bridgehead atoms. The number of hydrogen-bond donors (Lipinski definition) is 0. The summed E-state index contributed by atoms with van der Waals surface area (Å²) in [7, 11) is 2.12. The Morgan fingerprint density at radius 2 is 1.96 bits per heavy atom. The quantitative estimate of drug-likeness (QED) is 0.734. The number of benzene rings is 1. The van der Waals surface area contributed by atoms with Crippen molar-refractivity contribution in [1.82, 2.24) is 29.2 Å². The van der Waals surface area contributed by atoms with Crippen LogP contribution in [-0.4, -0.2) is 41.8 Å². The molecule has 0 saturated carbocycles. The van der Waals surface area contributed by atoms with E-state index in [0.717, 1.165) is 42.6 Å². The van der Waals surface area contributed by atoms with Gasteiger partial charge < -0.3 is 4.57 Å². The molecule has 1 aliphatic rings. The standard InChI is InChI=1S/C19H26N6/c1-14-20-15(2)25(22-14)12-16-8-6-7-11-24(16)13-19-21-17-9-4-5-10-18(17)23(19)3/h4-5,9-10,16H,6-8,11-13H2,1-3H3/t16-/m0/s1. The van der Waals surface area contributed by atoms with E-state index in [0.29, 0.717) is 6.04 Å². The first-order valence-corrected chi connectivity index (χ1v) is 9.14. The summed E-state index contributed by atoms with van der Waals surface area (Å²) in [6.45, 7) is 6.93. The number of likely N-dealkylation sites (tertiary alicyclic amines) is 1. The van der Waals surface area contributed by atoms with Gasteiger partial charge in [0.1, 0.15) is 17.5 Å². The molecular weight excluding hydrogens is 312 g/mol. The molecule has 3 heterocycles. The predicted octanol–water partition coefficient (Wildman–Crippen LogP) is 2.84. The van der Waals surface area contributed by atoms with Crippen molar-refractivity contribution in [3.05, 3.63) is 41.7 Å². The summed E-state index contributed by atoms with van der Waals surface area (Å²) in [6.07, 6.45) is 3.76. The Morgan fingerprint density at radius 3 is 2.72 bits per heavy atom. The third-order valence-corrected chi connectivity index (χ3v) is 5.32. The third kappa shape index (κ3) is 3.18. The van der Waals surface area contributed by atoms with E-state index in [-0.39, 0.29) is 0 Å². The maximum atomic E-state index is 4.86. The van der Waals surface area contributed by atoms with E-state index in [2.05, 4.69) is 55.5 Å². The summed E-state index contributed by atoms with van der Waals surface area (Å²) in [6, 6.07) is 8.86. The highest BCUT2D eigenvalue weighted by molar-refractivity contribution is 5.75. The minimum Gasteiger partial charge on any atom is -0.330 e. The molecule has 1 aliphatic heterocycles. The Balaban J connectivity index is 1.56. The smallest absolute Gasteiger partial charge is 0.147 e. The number of para-hydroxylation sites is 2. The van der Waals surface area contributed by atoms with Gasteiger partial charge >= 0.3 is 0 Å². The molecule has 0 radical (unpaired) electrons. The molecule has 6 heteroatoms. The molecule has 6 nitrogen and oxygen atoms in total. The molecule has 4 rings (SSSR count). The summed E-state index contributed by atoms with van der Waals surface area (Å²) in [5.74, 6) is 3.00. The van der Waals surface area contributed by atoms with Crippen LogP contribution in [0.5, 0.6) is 0 Å². The highest BCUT2D eigenvalue weighted by Crippen LogP contribution is 2.22. The van der Waals surface area contributed by atoms with Crippen LogP contribution in [0, 0.1) is 13.8 Å². The van der Waals surface area contributed by atoms with Gasteiger partial charge in [0.05, 0.1) is 24.1 Å². The van der Waals surface area contributed by atoms with E-state index in [4.69, 9.17) is 4.98 Å². The zero-order chi connectivity index (χ0) is 17.4. The molecular formula is C19H26N6. The van der Waals surface area contributed by atoms with Gasteiger partial charge in [-0.05, 0) is 45.4 Å². The molecule has 0 amide bonds. The lowest BCUT2D eigenvalue weighted by atomic mass is 10.0. The molecule has 0 spiro atoms. The summed E-state index contributed by atoms with van der Waals surface area (Å²) in [5.41, 5.74) is 2.28. The van der Waals surface area contributed by atoms with E-state index < -0.39 is 0 Å². The highest BCUT2D eigenvalue weighted by Gasteiger charge is 2.25. The summed E-state index contributed by atoms with van der Waals surface area (Å²) >= 11 is 0. The summed E-state index contributed by atoms with van der Waals surface area (Å²) < 4.78 is 4.29. The maximum Gasteiger partial charge on any atom is 0.147 e. The van der Waals surface area contributed by atoms with E-state index in [9.17, 15) is 0 Å². The van der Waals surface area contributed by atoms with Crippen molar-refractivity contribution in [2.45, 2.75) is 52.2 Å². The molecule has 1 atom stereocenters. The number of aromatic nitrogens is 5. The van der Waals surface area contributed by atoms with Gasteiger partial charge in [-0.1, -0.05) is 18.6 Å². The second-order valence-electron chi connectivity index (χ2n) is 7.08. The van der Waals surface area contributed by atoms with Crippen molar-refractivity contribution in [2.75, 3.05) is 6.54 Å². The van der Waals surface area contributed by atoms with Crippen LogP contribution in [0.25, 0.3) is 11.0 Å². The fourth-order valence-electron chi connectivity index (χ4n) is 3.93. The van der Waals surface area contributed by atoms with Crippen molar-refractivity contribution in [2.24, 2.45) is 7.05 Å². The normalized spacial score (nSPS) is 18.9. The maximum absolute atomic E-state index is 4.86. The van der Waals surface area contributed by atoms with Gasteiger partial charge in [0, 0.05) is 13.1 Å². The third-order valence-electron chi connectivity index (χ3n) is 5.32. The van der Waals surface area contributed by atoms with Crippen molar-refractivity contribution in [1.29, 1.82) is 0 Å². The molecule has 1 aromatic carbocycles. The van der Waals surface area contributed by atoms with Gasteiger partial charge in [-0.3, -0.25) is 4.90 Å². The fourth-order valence-corrected chi connectivity index (χ4v) is 3.93. The van der Waals surface area contributed by atoms with E-state index in [1.54, 1.807) is 0 Å². The second kappa shape index (κ2) is 6.59. The predicted molar refractivity (Wildman–Crippen MR) is 98.3 cm³/mol. The lowest BCUT2D eigenvalue weighted by Crippen LogP contribution is -2.42. The Bertz CT molecular complexity index is 877. The Labute approximate surface area is 148 Å². The van der Waals surface area contributed by atoms with Crippen molar-refractivity contribution >= 4 is 11.0 Å². The zero-order valence-corrected chi connectivity index (χ0v) is 15.3. The van der Waals surface area contributed by atoms with Crippen LogP contribution >= 0.6 is 0 Å². The molecule has 1 fully saturated rings. The molecule has 0 unspecified atom stereocenters. The zero-order valence-electron chi connectivity index (χ0n) is 15.3. The molecule has 0 N–H and O–H groups in total. The number of nitrogens with zero attached hydrogens (tertiary/aromatic N) is 6. The number of rotatable bonds is 4. The lowest BCUT2D eigenvalue weighted by Gasteiger charge is -2.35. The van der Waals surface area contributed by atoms with Crippen LogP contribution < -0.4 is 0 Å². The van der Waals surface area contributed by atoms with Crippen molar-refractivity contribution in [3.8, 4) is 0 Å². The monoisotopic (exact) mass is 338 g/mol. The molecule has 132 valence electrons. The number of hydrogen-bond acceptors (Lipinski definition) is 4. The van der Waals surface area contributed by atoms with Gasteiger partial charge in [0.2, 0.25) is 0 Å². The Kier molecular flexibility index (Phi) is 4.29. The lowest BCUT2D eigenvalue weighted by molar-refractivity contribution is 0.117. The van der Waals surface area contributed by atoms with E-state index >= 15 is 0 Å². The van der Waals surface area contributed by atoms with Gasteiger partial charge in [0.25, 0.3) is 0 Å². The van der Waals surface area contributed by atoms with Gasteiger partial charge in [-0.15, -0.1) is 0 Å². The molecule has 3 aromatic rings. The fraction of sp³-hybridized carbons (Fsp3) is 0.526. The van der Waals surface area contributed by atoms with Gasteiger partial charge in [-0.2, -0.15) is 5.10 Å². The van der Waals surface area contributed by atoms with Gasteiger partial charge in [0.15, 0.2) is 0 Å². The van der Waals surface area contributed by atoms with Crippen LogP contribution in [-0.2, 0) is 20.1 Å². The van der Waals surface area contributed by atoms with E-state index in [1.807, 2.05) is 13.8 Å². The van der Waals surface area contributed by atoms with Crippen molar-refractivity contribution in [3.63, 3.8) is 0 Å². The first kappa shape index (κ1) is 16.3. The van der Waals surface area contributed by atoms with E-state index in [1.165, 1.54) is 24.8 Å². The average molecular weight is 338 g/mol. The van der Waals surface area contributed by atoms with Crippen LogP contribution in [0.2, 0.25) is 0 Å². The number of piperidine rings is 1. The average Bonchev–Trinajstić information content (AvgIpc) is 3.09. The van der Waals surface area contributed by atoms with Gasteiger partial charge in [-0.25, -0.2) is 14.6 Å². The highest BCUT2D eigenvalue weighted by atomic mass is 15.4. The molecule has 1 saturated heterocycles. The Morgan fingerprint density at radius 1 is 1.12 bits per heavy atom. The largest absolute Gasteiger partial charge is 0.330 e. The number of fused-ring (bicyclic) bond motifs is 1. The molecule has 2 aromatic heterocycles. The first-order valence-electron chi connectivity index (χ1n) is 9.14. The SMILES string of the molecule is Cc1nc(C)n(C[C@@H]2CCCCN2Cc2nc3ccccc3n2C)n1. The number of aryl methyl sites for hydroxylation is 3. The second-order valence-corrected chi connectivity index (χ2v) is 7.08. The van der Waals surface area contributed by atoms with Crippen LogP contribution in [0.1, 0.15) is 36.7 Å². The van der Waals surface area contributed by atoms with Crippen LogP contribution in [0.15, 0.2) is 24.3 Å². The minimum atomic E-state index is 0.494. The number of imidazole rings is 1. The first-order chi connectivity index (χ1) is 12.1. The summed E-state index contributed by atoms with van der Waals surface area (Å²) in [4.78, 5) is 11.9. The topological polar surface area (TPSA) is 51.8 Å². The van der Waals surface area contributed by atoms with Crippen LogP contribution in [0.4, 0.5) is 0 Å².